The summed E-state index contributed by atoms with van der Waals surface area (Å²) in [5.74, 6) is -12.1. The first kappa shape index (κ1) is 71.8. The highest BCUT2D eigenvalue weighted by molar-refractivity contribution is 8.04. The van der Waals surface area contributed by atoms with Crippen molar-refractivity contribution >= 4 is 99.2 Å². The molecule has 1 aromatic heterocycles. The fourth-order valence-corrected chi connectivity index (χ4v) is 15.9. The van der Waals surface area contributed by atoms with Crippen molar-refractivity contribution in [2.75, 3.05) is 0 Å². The summed E-state index contributed by atoms with van der Waals surface area (Å²) in [6.07, 6.45) is 2.11. The lowest BCUT2D eigenvalue weighted by atomic mass is 9.70. The lowest BCUT2D eigenvalue weighted by Gasteiger charge is -2.44. The Hall–Kier alpha value is -13.2. The van der Waals surface area contributed by atoms with E-state index in [0.717, 1.165) is 23.1 Å². The Balaban J connectivity index is 0.898. The molecule has 538 valence electrons. The zero-order chi connectivity index (χ0) is 75.4. The Kier molecular flexibility index (Phi) is 20.3. The molecule has 6 amide bonds. The third kappa shape index (κ3) is 13.7. The van der Waals surface area contributed by atoms with Crippen LogP contribution in [0.1, 0.15) is 76.4 Å². The lowest BCUT2D eigenvalue weighted by Crippen LogP contribution is -2.54. The molecule has 2 aliphatic carbocycles. The number of benzene rings is 6. The van der Waals surface area contributed by atoms with E-state index in [2.05, 4.69) is 0 Å². The molecule has 7 aliphatic rings. The Morgan fingerprint density at radius 3 is 1.33 bits per heavy atom. The maximum atomic E-state index is 15.6. The van der Waals surface area contributed by atoms with Crippen LogP contribution in [0, 0.1) is 34.5 Å². The van der Waals surface area contributed by atoms with Gasteiger partial charge in [0.1, 0.15) is 96.2 Å². The first-order valence-electron chi connectivity index (χ1n) is 33.9. The van der Waals surface area contributed by atoms with Gasteiger partial charge in [-0.1, -0.05) is 200 Å². The Morgan fingerprint density at radius 2 is 0.907 bits per heavy atom. The molecule has 0 fully saturated rings. The van der Waals surface area contributed by atoms with Crippen LogP contribution in [0.5, 0.6) is 0 Å². The average Bonchev–Trinajstić information content (AvgIpc) is 1.37. The highest BCUT2D eigenvalue weighted by atomic mass is 32.2. The summed E-state index contributed by atoms with van der Waals surface area (Å²) in [7, 11) is 0. The Bertz CT molecular complexity index is 5160. The van der Waals surface area contributed by atoms with Crippen LogP contribution >= 0.6 is 23.1 Å². The molecule has 7 aromatic rings. The SMILES string of the molecule is CC1=C(C#N)C(=O)N(C(=O)OCc2ccccc2)C(=O)C1=Nc1cc2c(s1)C1CC3C=C4OC(C(=O)OCc5ccccc5)(C(=O)OCc5ccccc5)C5=C(SC(N=C6C(=O)N(C(=O)OCc7ccccc7)C(=O)C(C#N)=C6C)C5)C4=CC3C=C1OC2(C(=O)OCc1ccccc1)C(=O)OCc1ccccc1. The van der Waals surface area contributed by atoms with Crippen molar-refractivity contribution < 1.29 is 85.8 Å². The summed E-state index contributed by atoms with van der Waals surface area (Å²) in [6, 6.07) is 56.4. The van der Waals surface area contributed by atoms with E-state index in [0.29, 0.717) is 39.0 Å². The van der Waals surface area contributed by atoms with Crippen LogP contribution < -0.4 is 0 Å². The number of fused-ring (bicyclic) bond motifs is 6. The van der Waals surface area contributed by atoms with Crippen LogP contribution in [0.4, 0.5) is 14.6 Å². The van der Waals surface area contributed by atoms with Crippen LogP contribution in [0.2, 0.25) is 0 Å². The van der Waals surface area contributed by atoms with Gasteiger partial charge in [-0.3, -0.25) is 24.2 Å². The van der Waals surface area contributed by atoms with Gasteiger partial charge in [0.2, 0.25) is 0 Å². The highest BCUT2D eigenvalue weighted by Crippen LogP contribution is 2.60. The van der Waals surface area contributed by atoms with Gasteiger partial charge in [-0.15, -0.1) is 11.3 Å². The molecule has 14 rings (SSSR count). The molecule has 4 atom stereocenters. The smallest absolute Gasteiger partial charge is 0.424 e. The number of thiophene rings is 1. The molecule has 0 radical (unpaired) electrons. The van der Waals surface area contributed by atoms with Crippen molar-refractivity contribution in [3.63, 3.8) is 0 Å². The minimum absolute atomic E-state index is 0.0122. The van der Waals surface area contributed by atoms with Gasteiger partial charge in [-0.05, 0) is 77.8 Å². The number of aliphatic imine (C=N–C) groups is 2. The summed E-state index contributed by atoms with van der Waals surface area (Å²) < 4.78 is 49.2. The first-order valence-corrected chi connectivity index (χ1v) is 35.6. The maximum Gasteiger partial charge on any atom is 0.424 e. The van der Waals surface area contributed by atoms with Gasteiger partial charge in [0.05, 0.1) is 5.92 Å². The van der Waals surface area contributed by atoms with Crippen LogP contribution in [-0.4, -0.2) is 91.9 Å². The number of imide groups is 6. The van der Waals surface area contributed by atoms with Crippen molar-refractivity contribution in [1.29, 1.82) is 10.5 Å². The monoisotopic (exact) mass is 1480 g/mol. The molecule has 0 spiro atoms. The van der Waals surface area contributed by atoms with Gasteiger partial charge in [0.15, 0.2) is 0 Å². The van der Waals surface area contributed by atoms with E-state index >= 15 is 19.2 Å². The zero-order valence-corrected chi connectivity index (χ0v) is 59.1. The van der Waals surface area contributed by atoms with Crippen LogP contribution in [0.15, 0.2) is 266 Å². The number of carbonyl (C=O) groups is 10. The quantitative estimate of drug-likeness (QED) is 0.0333. The normalized spacial score (nSPS) is 20.1. The van der Waals surface area contributed by atoms with E-state index in [1.807, 2.05) is 0 Å². The number of hydrogen-bond donors (Lipinski definition) is 0. The van der Waals surface area contributed by atoms with Gasteiger partial charge in [-0.2, -0.15) is 20.3 Å². The molecule has 0 saturated carbocycles. The van der Waals surface area contributed by atoms with Gasteiger partial charge in [0.25, 0.3) is 23.6 Å². The molecule has 0 bridgehead atoms. The lowest BCUT2D eigenvalue weighted by molar-refractivity contribution is -0.192. The van der Waals surface area contributed by atoms with Gasteiger partial charge in [-0.25, -0.2) is 33.8 Å². The van der Waals surface area contributed by atoms with E-state index in [-0.39, 0.29) is 111 Å². The summed E-state index contributed by atoms with van der Waals surface area (Å²) in [4.78, 5) is 158. The van der Waals surface area contributed by atoms with Crippen molar-refractivity contribution in [3.8, 4) is 12.1 Å². The van der Waals surface area contributed by atoms with Gasteiger partial charge < -0.3 is 37.9 Å². The van der Waals surface area contributed by atoms with Crippen molar-refractivity contribution in [1.82, 2.24) is 9.80 Å². The minimum Gasteiger partial charge on any atom is -0.464 e. The molecule has 108 heavy (non-hydrogen) atoms. The molecule has 6 aromatic carbocycles. The molecular weight excluding hydrogens is 1420 g/mol. The number of allylic oxidation sites excluding steroid dienone is 5. The van der Waals surface area contributed by atoms with Crippen LogP contribution in [0.25, 0.3) is 0 Å². The number of nitrogens with zero attached hydrogens (tertiary/aromatic N) is 6. The molecule has 0 N–H and O–H groups in total. The number of hydrogen-bond acceptors (Lipinski definition) is 24. The summed E-state index contributed by atoms with van der Waals surface area (Å²) in [6.45, 7) is 0.525. The standard InChI is InChI=1S/C82H60N6O18S2/c1-47-59(39-83)71(89)87(79(97)103-45-53-29-17-7-18-30-53)73(91)67(47)85-65-37-61-69(107-65)57-33-55-36-64-58(34-56(55)35-63(57)105-81(61,75(93)99-41-49-21-9-3-10-22-49)76(94)100-42-50-23-11-4-12-24-50)70-62(82(106-64,77(95)101-43-51-25-13-5-14-26-51)78(96)102-44-52-27-15-6-16-28-52)38-66(108-70)86-68-48(2)60(40-84)72(90)88(74(68)92)80(98)104-46-54-31-19-8-20-32-54/h3-33,35-36,38,55-56,58,65H,34,37,41-46H2,1-2H3. The predicted molar refractivity (Wildman–Crippen MR) is 386 cm³/mol. The number of amides is 6. The second kappa shape index (κ2) is 30.5. The van der Waals surface area contributed by atoms with Crippen molar-refractivity contribution in [3.05, 3.63) is 300 Å². The maximum absolute atomic E-state index is 15.6. The Morgan fingerprint density at radius 1 is 0.509 bits per heavy atom. The number of rotatable bonds is 18. The number of esters is 4. The van der Waals surface area contributed by atoms with Crippen molar-refractivity contribution in [2.45, 2.75) is 88.8 Å². The zero-order valence-electron chi connectivity index (χ0n) is 57.4. The van der Waals surface area contributed by atoms with Crippen LogP contribution in [0.3, 0.4) is 0 Å². The second-order valence-corrected chi connectivity index (χ2v) is 27.9. The first-order chi connectivity index (χ1) is 52.4. The van der Waals surface area contributed by atoms with Gasteiger partial charge in [0, 0.05) is 50.0 Å². The van der Waals surface area contributed by atoms with E-state index in [1.165, 1.54) is 19.9 Å². The number of nitriles is 2. The van der Waals surface area contributed by atoms with E-state index in [1.54, 1.807) is 212 Å². The Labute approximate surface area is 624 Å². The highest BCUT2D eigenvalue weighted by Gasteiger charge is 2.64. The molecule has 26 heteroatoms. The summed E-state index contributed by atoms with van der Waals surface area (Å²) in [5.41, 5.74) is -4.76. The number of carbonyl (C=O) groups excluding carboxylic acids is 10. The third-order valence-corrected chi connectivity index (χ3v) is 21.2. The van der Waals surface area contributed by atoms with Crippen LogP contribution in [-0.2, 0) is 121 Å². The van der Waals surface area contributed by atoms with Gasteiger partial charge >= 0.3 is 47.3 Å². The molecule has 5 aliphatic heterocycles. The number of ether oxygens (including phenoxy) is 8. The van der Waals surface area contributed by atoms with E-state index in [9.17, 15) is 39.3 Å². The largest absolute Gasteiger partial charge is 0.464 e. The summed E-state index contributed by atoms with van der Waals surface area (Å²) >= 11 is 1.91. The minimum atomic E-state index is -2.81. The topological polar surface area (TPSA) is 323 Å². The fraction of sp³-hybridized carbons (Fsp3) is 0.195. The molecule has 6 heterocycles. The molecule has 0 saturated heterocycles. The summed E-state index contributed by atoms with van der Waals surface area (Å²) in [5, 5.41) is 19.6. The van der Waals surface area contributed by atoms with Crippen molar-refractivity contribution in [2.24, 2.45) is 21.8 Å². The third-order valence-electron chi connectivity index (χ3n) is 18.8. The second-order valence-electron chi connectivity index (χ2n) is 25.6. The van der Waals surface area contributed by atoms with E-state index in [4.69, 9.17) is 47.9 Å². The molecule has 4 unspecified atom stereocenters. The van der Waals surface area contributed by atoms with E-state index < -0.39 is 117 Å². The molecule has 24 nitrogen and oxygen atoms in total. The average molecular weight is 1480 g/mol. The fourth-order valence-electron chi connectivity index (χ4n) is 13.4. The predicted octanol–water partition coefficient (Wildman–Crippen LogP) is 12.5. The number of thioether (sulfide) groups is 1. The molecular formula is C82H60N6O18S2.